The van der Waals surface area contributed by atoms with Gasteiger partial charge in [-0.2, -0.15) is 0 Å². The fraction of sp³-hybridized carbons (Fsp3) is 0.513. The number of nitrogens with zero attached hydrogens (tertiary/aromatic N) is 2. The van der Waals surface area contributed by atoms with E-state index in [0.29, 0.717) is 23.1 Å². The first kappa shape index (κ1) is 36.1. The van der Waals surface area contributed by atoms with Gasteiger partial charge in [-0.05, 0) is 111 Å². The van der Waals surface area contributed by atoms with Gasteiger partial charge in [0.2, 0.25) is 5.78 Å². The molecule has 11 nitrogen and oxygen atoms in total. The molecule has 2 aromatic carbocycles. The highest BCUT2D eigenvalue weighted by atomic mass is 16.5. The van der Waals surface area contributed by atoms with Gasteiger partial charge in [-0.1, -0.05) is 6.08 Å². The van der Waals surface area contributed by atoms with Crippen LogP contribution in [0.3, 0.4) is 0 Å². The summed E-state index contributed by atoms with van der Waals surface area (Å²) in [6, 6.07) is 4.29. The Morgan fingerprint density at radius 2 is 1.58 bits per heavy atom. The molecular formula is C39H48N2O9. The van der Waals surface area contributed by atoms with Gasteiger partial charge in [-0.25, -0.2) is 0 Å². The van der Waals surface area contributed by atoms with Crippen LogP contribution in [0.4, 0.5) is 0 Å². The van der Waals surface area contributed by atoms with E-state index in [2.05, 4.69) is 0 Å². The number of hydrogen-bond donors (Lipinski definition) is 3. The van der Waals surface area contributed by atoms with Crippen molar-refractivity contribution in [3.63, 3.8) is 0 Å². The number of ether oxygens (including phenoxy) is 2. The van der Waals surface area contributed by atoms with Gasteiger partial charge in [0.15, 0.2) is 16.8 Å². The summed E-state index contributed by atoms with van der Waals surface area (Å²) in [5.41, 5.74) is 0.492. The summed E-state index contributed by atoms with van der Waals surface area (Å²) in [6.07, 6.45) is -2.05. The average molecular weight is 689 g/mol. The Hall–Kier alpha value is -3.71. The van der Waals surface area contributed by atoms with Crippen LogP contribution in [0.5, 0.6) is 5.75 Å². The summed E-state index contributed by atoms with van der Waals surface area (Å²) in [7, 11) is 7.46. The van der Waals surface area contributed by atoms with E-state index in [9.17, 15) is 29.7 Å². The number of phenols is 1. The van der Waals surface area contributed by atoms with E-state index in [1.165, 1.54) is 6.07 Å². The maximum Gasteiger partial charge on any atom is 0.202 e. The number of benzene rings is 2. The van der Waals surface area contributed by atoms with Gasteiger partial charge in [0.25, 0.3) is 0 Å². The zero-order chi connectivity index (χ0) is 36.7. The third-order valence-corrected chi connectivity index (χ3v) is 11.5. The first-order valence-corrected chi connectivity index (χ1v) is 17.2. The highest BCUT2D eigenvalue weighted by Gasteiger charge is 2.49. The molecule has 2 saturated heterocycles. The van der Waals surface area contributed by atoms with Crippen molar-refractivity contribution < 1.29 is 38.8 Å². The molecule has 50 heavy (non-hydrogen) atoms. The van der Waals surface area contributed by atoms with E-state index in [-0.39, 0.29) is 62.4 Å². The van der Waals surface area contributed by atoms with Crippen LogP contribution in [-0.2, 0) is 9.47 Å². The van der Waals surface area contributed by atoms with Crippen LogP contribution in [-0.4, -0.2) is 101 Å². The summed E-state index contributed by atoms with van der Waals surface area (Å²) in [6.45, 7) is 10.7. The number of aliphatic hydroxyl groups excluding tert-OH is 2. The zero-order valence-electron chi connectivity index (χ0n) is 30.5. The topological polar surface area (TPSA) is 150 Å². The number of aliphatic hydroxyl groups is 2. The molecule has 2 fully saturated rings. The predicted octanol–water partition coefficient (Wildman–Crippen LogP) is 4.68. The van der Waals surface area contributed by atoms with Crippen molar-refractivity contribution in [2.24, 2.45) is 0 Å². The Kier molecular flexibility index (Phi) is 9.24. The molecule has 0 radical (unpaired) electrons. The fourth-order valence-corrected chi connectivity index (χ4v) is 8.00. The van der Waals surface area contributed by atoms with E-state index in [1.807, 2.05) is 44.9 Å². The lowest BCUT2D eigenvalue weighted by atomic mass is 9.74. The molecule has 2 aliphatic heterocycles. The van der Waals surface area contributed by atoms with Crippen LogP contribution < -0.4 is 5.43 Å². The lowest BCUT2D eigenvalue weighted by Gasteiger charge is -2.49. The van der Waals surface area contributed by atoms with Crippen molar-refractivity contribution in [1.29, 1.82) is 0 Å². The average Bonchev–Trinajstić information content (AvgIpc) is 3.05. The molecule has 3 heterocycles. The number of hydrogen-bond acceptors (Lipinski definition) is 11. The van der Waals surface area contributed by atoms with E-state index in [4.69, 9.17) is 13.9 Å². The molecule has 11 heteroatoms. The molecule has 0 unspecified atom stereocenters. The number of ketones is 2. The number of likely N-dealkylation sites (N-methyl/N-ethyl adjacent to an activating group) is 2. The number of carbonyl (C=O) groups excluding carboxylic acids is 2. The van der Waals surface area contributed by atoms with Crippen LogP contribution in [0.15, 0.2) is 33.5 Å². The fourth-order valence-electron chi connectivity index (χ4n) is 8.00. The predicted molar refractivity (Wildman–Crippen MR) is 189 cm³/mol. The lowest BCUT2D eigenvalue weighted by molar-refractivity contribution is -0.176. The van der Waals surface area contributed by atoms with Crippen molar-refractivity contribution in [2.75, 3.05) is 28.2 Å². The second-order valence-electron chi connectivity index (χ2n) is 14.9. The van der Waals surface area contributed by atoms with Crippen LogP contribution in [0, 0.1) is 6.92 Å². The molecule has 0 bridgehead atoms. The highest BCUT2D eigenvalue weighted by molar-refractivity contribution is 6.33. The van der Waals surface area contributed by atoms with E-state index >= 15 is 0 Å². The lowest BCUT2D eigenvalue weighted by Crippen LogP contribution is -2.59. The minimum Gasteiger partial charge on any atom is -0.507 e. The van der Waals surface area contributed by atoms with Crippen molar-refractivity contribution in [2.45, 2.75) is 103 Å². The Labute approximate surface area is 292 Å². The van der Waals surface area contributed by atoms with Gasteiger partial charge in [-0.3, -0.25) is 14.4 Å². The van der Waals surface area contributed by atoms with Crippen LogP contribution in [0.2, 0.25) is 0 Å². The molecule has 6 rings (SSSR count). The normalized spacial score (nSPS) is 30.3. The van der Waals surface area contributed by atoms with Crippen LogP contribution in [0.1, 0.15) is 114 Å². The number of aryl methyl sites for hydroxylation is 1. The van der Waals surface area contributed by atoms with Crippen LogP contribution >= 0.6 is 0 Å². The number of phenolic OH excluding ortho intramolecular Hbond substituents is 1. The maximum atomic E-state index is 14.9. The molecule has 1 aromatic heterocycles. The Morgan fingerprint density at radius 1 is 0.920 bits per heavy atom. The Balaban J connectivity index is 1.65. The first-order chi connectivity index (χ1) is 23.4. The summed E-state index contributed by atoms with van der Waals surface area (Å²) in [4.78, 5) is 47.0. The van der Waals surface area contributed by atoms with Gasteiger partial charge in [0, 0.05) is 34.3 Å². The summed E-state index contributed by atoms with van der Waals surface area (Å²) < 4.78 is 19.0. The molecule has 0 saturated carbocycles. The quantitative estimate of drug-likeness (QED) is 0.268. The minimum atomic E-state index is -0.847. The Morgan fingerprint density at radius 3 is 2.20 bits per heavy atom. The van der Waals surface area contributed by atoms with Gasteiger partial charge in [0.05, 0.1) is 53.1 Å². The summed E-state index contributed by atoms with van der Waals surface area (Å²) >= 11 is 0. The third kappa shape index (κ3) is 5.46. The summed E-state index contributed by atoms with van der Waals surface area (Å²) in [5.74, 6) is -1.31. The molecule has 3 aliphatic rings. The number of rotatable bonds is 5. The zero-order valence-corrected chi connectivity index (χ0v) is 30.5. The largest absolute Gasteiger partial charge is 0.507 e. The van der Waals surface area contributed by atoms with Crippen molar-refractivity contribution >= 4 is 28.1 Å². The van der Waals surface area contributed by atoms with E-state index < -0.39 is 59.5 Å². The molecule has 3 aromatic rings. The second-order valence-corrected chi connectivity index (χ2v) is 14.9. The third-order valence-electron chi connectivity index (χ3n) is 11.5. The minimum absolute atomic E-state index is 0.0102. The van der Waals surface area contributed by atoms with Crippen molar-refractivity contribution in [1.82, 2.24) is 9.80 Å². The smallest absolute Gasteiger partial charge is 0.202 e. The van der Waals surface area contributed by atoms with Gasteiger partial charge in [-0.15, -0.1) is 0 Å². The van der Waals surface area contributed by atoms with E-state index in [0.717, 1.165) is 0 Å². The van der Waals surface area contributed by atoms with Crippen molar-refractivity contribution in [3.05, 3.63) is 79.2 Å². The second kappa shape index (κ2) is 12.8. The molecule has 1 aliphatic carbocycles. The summed E-state index contributed by atoms with van der Waals surface area (Å²) in [5, 5.41) is 34.5. The molecule has 0 amide bonds. The van der Waals surface area contributed by atoms with Crippen LogP contribution in [0.25, 0.3) is 16.5 Å². The monoisotopic (exact) mass is 688 g/mol. The number of fused-ring (bicyclic) bond motifs is 4. The standard InChI is InChI=1S/C39H48N2O9/c1-11-17(2)26-15-25(42)29-18(3)12-23-31(37(29)50-26)36(46)32-30(35(23)45)21(27-14-24(40(7)8)33(43)19(4)48-27)13-22(34(32)44)28-16-39(6,41(9)10)38(47)20(5)49-28/h11-13,15,19-20,24,27-28,33,38,43-44,47H,14,16H2,1-10H3/b17-11+/t19-,20+,24+,27-,28-,33-,38-,39+/m1/s1. The highest BCUT2D eigenvalue weighted by Crippen LogP contribution is 2.49. The maximum absolute atomic E-state index is 14.9. The molecule has 3 N–H and O–H groups in total. The SMILES string of the molecule is C/C=C(\C)c1cc(=O)c2c(C)cc3c(c2o1)C(=O)c1c(O)c([C@H]2C[C@](C)(N(C)C)[C@H](O)[C@H](C)O2)cc([C@H]2C[C@H](N(C)C)[C@H](O)[C@@H](C)O2)c1C3=O. The first-order valence-electron chi connectivity index (χ1n) is 17.2. The molecule has 268 valence electrons. The Bertz CT molecular complexity index is 2000. The number of aromatic hydroxyl groups is 1. The van der Waals surface area contributed by atoms with Gasteiger partial charge in [0.1, 0.15) is 11.5 Å². The molecular weight excluding hydrogens is 640 g/mol. The molecule has 0 spiro atoms. The van der Waals surface area contributed by atoms with Gasteiger partial charge < -0.3 is 39.0 Å². The number of allylic oxidation sites excluding steroid dienone is 2. The molecule has 8 atom stereocenters. The van der Waals surface area contributed by atoms with E-state index in [1.54, 1.807) is 52.8 Å². The van der Waals surface area contributed by atoms with Gasteiger partial charge >= 0.3 is 0 Å². The van der Waals surface area contributed by atoms with Crippen molar-refractivity contribution in [3.8, 4) is 5.75 Å². The number of carbonyl (C=O) groups is 2.